The summed E-state index contributed by atoms with van der Waals surface area (Å²) in [5.41, 5.74) is -0.218. The van der Waals surface area contributed by atoms with E-state index in [9.17, 15) is 15.0 Å². The SMILES string of the molecule is C#Cc1nc2c(=O)[nH]c(/N=C/N(C)C)nc2n1[C@H]1C[C@H](O)[C@@H](CO)O1. The minimum Gasteiger partial charge on any atom is -0.394 e. The molecular formula is C15H18N6O4. The van der Waals surface area contributed by atoms with Crippen LogP contribution in [0.15, 0.2) is 9.79 Å². The minimum absolute atomic E-state index is 0.0577. The second-order valence-electron chi connectivity index (χ2n) is 5.83. The van der Waals surface area contributed by atoms with E-state index in [2.05, 4.69) is 25.9 Å². The van der Waals surface area contributed by atoms with E-state index in [-0.39, 0.29) is 36.0 Å². The monoisotopic (exact) mass is 346 g/mol. The zero-order chi connectivity index (χ0) is 18.1. The molecule has 2 aromatic rings. The molecule has 2 aromatic heterocycles. The van der Waals surface area contributed by atoms with Crippen molar-refractivity contribution in [3.63, 3.8) is 0 Å². The topological polar surface area (TPSA) is 129 Å². The molecule has 0 radical (unpaired) electrons. The van der Waals surface area contributed by atoms with E-state index < -0.39 is 24.0 Å². The standard InChI is InChI=1S/C15H18N6O4/c1-4-10-17-12-13(18-15(19-14(12)24)16-7-20(2)3)21(10)11-5-8(23)9(6-22)25-11/h1,7-9,11,22-23H,5-6H2,2-3H3,(H,18,19,24)/b16-7+/t8-,9+,11+/m0/s1. The predicted octanol–water partition coefficient (Wildman–Crippen LogP) is -1.04. The maximum Gasteiger partial charge on any atom is 0.280 e. The van der Waals surface area contributed by atoms with E-state index >= 15 is 0 Å². The lowest BCUT2D eigenvalue weighted by molar-refractivity contribution is -0.0434. The summed E-state index contributed by atoms with van der Waals surface area (Å²) in [5.74, 6) is 2.64. The van der Waals surface area contributed by atoms with Gasteiger partial charge in [-0.25, -0.2) is 9.98 Å². The average molecular weight is 346 g/mol. The van der Waals surface area contributed by atoms with Gasteiger partial charge in [0.05, 0.1) is 19.0 Å². The molecule has 1 aliphatic heterocycles. The van der Waals surface area contributed by atoms with Gasteiger partial charge in [-0.3, -0.25) is 14.3 Å². The van der Waals surface area contributed by atoms with Crippen molar-refractivity contribution < 1.29 is 14.9 Å². The normalized spacial score (nSPS) is 23.4. The number of nitrogens with one attached hydrogen (secondary N) is 1. The second kappa shape index (κ2) is 6.64. The molecule has 3 N–H and O–H groups in total. The maximum atomic E-state index is 12.3. The summed E-state index contributed by atoms with van der Waals surface area (Å²) in [5, 5.41) is 19.2. The van der Waals surface area contributed by atoms with Crippen LogP contribution in [0.25, 0.3) is 11.2 Å². The summed E-state index contributed by atoms with van der Waals surface area (Å²) in [6.07, 6.45) is 4.89. The van der Waals surface area contributed by atoms with Crippen molar-refractivity contribution in [2.24, 2.45) is 4.99 Å². The number of nitrogens with zero attached hydrogens (tertiary/aromatic N) is 5. The second-order valence-corrected chi connectivity index (χ2v) is 5.83. The molecule has 25 heavy (non-hydrogen) atoms. The summed E-state index contributed by atoms with van der Waals surface area (Å²) in [6, 6.07) is 0. The molecule has 0 unspecified atom stereocenters. The van der Waals surface area contributed by atoms with E-state index in [0.717, 1.165) is 0 Å². The molecule has 0 bridgehead atoms. The van der Waals surface area contributed by atoms with Crippen LogP contribution in [0, 0.1) is 12.3 Å². The number of imidazole rings is 1. The summed E-state index contributed by atoms with van der Waals surface area (Å²) in [7, 11) is 3.56. The Morgan fingerprint density at radius 3 is 2.92 bits per heavy atom. The first-order valence-electron chi connectivity index (χ1n) is 7.58. The molecule has 132 valence electrons. The highest BCUT2D eigenvalue weighted by Gasteiger charge is 2.36. The molecule has 0 amide bonds. The highest BCUT2D eigenvalue weighted by atomic mass is 16.5. The van der Waals surface area contributed by atoms with Gasteiger partial charge in [0.15, 0.2) is 17.0 Å². The van der Waals surface area contributed by atoms with Crippen molar-refractivity contribution in [2.75, 3.05) is 20.7 Å². The number of fused-ring (bicyclic) bond motifs is 1. The van der Waals surface area contributed by atoms with Crippen molar-refractivity contribution in [1.82, 2.24) is 24.4 Å². The summed E-state index contributed by atoms with van der Waals surface area (Å²) in [6.45, 7) is -0.331. The van der Waals surface area contributed by atoms with Crippen LogP contribution in [0.2, 0.25) is 0 Å². The fraction of sp³-hybridized carbons (Fsp3) is 0.467. The predicted molar refractivity (Wildman–Crippen MR) is 89.5 cm³/mol. The number of aromatic nitrogens is 4. The van der Waals surface area contributed by atoms with Crippen LogP contribution in [-0.4, -0.2) is 73.9 Å². The fourth-order valence-corrected chi connectivity index (χ4v) is 2.62. The number of aliphatic hydroxyl groups is 2. The molecule has 10 heteroatoms. The van der Waals surface area contributed by atoms with Crippen LogP contribution in [0.4, 0.5) is 5.95 Å². The zero-order valence-electron chi connectivity index (χ0n) is 13.7. The third-order valence-corrected chi connectivity index (χ3v) is 3.75. The molecule has 1 aliphatic rings. The largest absolute Gasteiger partial charge is 0.394 e. The number of aliphatic imine (C=N–C) groups is 1. The van der Waals surface area contributed by atoms with Crippen LogP contribution in [0.5, 0.6) is 0 Å². The lowest BCUT2D eigenvalue weighted by atomic mass is 10.2. The lowest BCUT2D eigenvalue weighted by Gasteiger charge is -2.14. The Labute approximate surface area is 142 Å². The van der Waals surface area contributed by atoms with Gasteiger partial charge in [-0.2, -0.15) is 4.98 Å². The smallest absolute Gasteiger partial charge is 0.280 e. The molecule has 0 saturated carbocycles. The number of terminal acetylenes is 1. The van der Waals surface area contributed by atoms with Gasteiger partial charge in [0, 0.05) is 20.5 Å². The number of aliphatic hydroxyl groups excluding tert-OH is 2. The molecule has 3 rings (SSSR count). The number of ether oxygens (including phenoxy) is 1. The van der Waals surface area contributed by atoms with Gasteiger partial charge in [-0.05, 0) is 5.92 Å². The van der Waals surface area contributed by atoms with Gasteiger partial charge >= 0.3 is 0 Å². The van der Waals surface area contributed by atoms with Gasteiger partial charge in [0.2, 0.25) is 5.95 Å². The highest BCUT2D eigenvalue weighted by Crippen LogP contribution is 2.31. The first-order chi connectivity index (χ1) is 11.9. The number of hydrogen-bond acceptors (Lipinski definition) is 7. The molecular weight excluding hydrogens is 328 g/mol. The van der Waals surface area contributed by atoms with E-state index in [4.69, 9.17) is 11.2 Å². The fourth-order valence-electron chi connectivity index (χ4n) is 2.62. The number of hydrogen-bond donors (Lipinski definition) is 3. The highest BCUT2D eigenvalue weighted by molar-refractivity contribution is 5.73. The van der Waals surface area contributed by atoms with E-state index in [1.54, 1.807) is 19.0 Å². The first-order valence-corrected chi connectivity index (χ1v) is 7.58. The van der Waals surface area contributed by atoms with Crippen molar-refractivity contribution in [1.29, 1.82) is 0 Å². The van der Waals surface area contributed by atoms with Crippen LogP contribution in [0.3, 0.4) is 0 Å². The van der Waals surface area contributed by atoms with Crippen LogP contribution >= 0.6 is 0 Å². The van der Waals surface area contributed by atoms with Crippen LogP contribution in [-0.2, 0) is 4.74 Å². The Hall–Kier alpha value is -2.74. The summed E-state index contributed by atoms with van der Waals surface area (Å²) in [4.78, 5) is 29.0. The Balaban J connectivity index is 2.14. The van der Waals surface area contributed by atoms with Gasteiger partial charge in [0.1, 0.15) is 12.3 Å². The van der Waals surface area contributed by atoms with Crippen molar-refractivity contribution >= 4 is 23.5 Å². The van der Waals surface area contributed by atoms with Gasteiger partial charge < -0.3 is 19.8 Å². The Bertz CT molecular complexity index is 909. The number of aromatic amines is 1. The zero-order valence-corrected chi connectivity index (χ0v) is 13.7. The Morgan fingerprint density at radius 2 is 2.32 bits per heavy atom. The molecule has 0 spiro atoms. The third-order valence-electron chi connectivity index (χ3n) is 3.75. The van der Waals surface area contributed by atoms with Crippen LogP contribution in [0.1, 0.15) is 18.5 Å². The van der Waals surface area contributed by atoms with E-state index in [1.807, 2.05) is 0 Å². The maximum absolute atomic E-state index is 12.3. The number of rotatable bonds is 4. The minimum atomic E-state index is -0.855. The average Bonchev–Trinajstić information content (AvgIpc) is 3.12. The summed E-state index contributed by atoms with van der Waals surface area (Å²) >= 11 is 0. The van der Waals surface area contributed by atoms with Crippen molar-refractivity contribution in [3.05, 3.63) is 16.2 Å². The molecule has 10 nitrogen and oxygen atoms in total. The Morgan fingerprint density at radius 1 is 1.56 bits per heavy atom. The van der Waals surface area contributed by atoms with Crippen molar-refractivity contribution in [2.45, 2.75) is 24.9 Å². The molecule has 1 fully saturated rings. The molecule has 3 heterocycles. The quantitative estimate of drug-likeness (QED) is 0.366. The molecule has 0 aromatic carbocycles. The van der Waals surface area contributed by atoms with Crippen LogP contribution < -0.4 is 5.56 Å². The molecule has 0 aliphatic carbocycles. The Kier molecular flexibility index (Phi) is 4.54. The summed E-state index contributed by atoms with van der Waals surface area (Å²) < 4.78 is 7.09. The molecule has 3 atom stereocenters. The first kappa shape index (κ1) is 17.1. The third kappa shape index (κ3) is 3.12. The van der Waals surface area contributed by atoms with E-state index in [1.165, 1.54) is 10.9 Å². The molecule has 1 saturated heterocycles. The van der Waals surface area contributed by atoms with E-state index in [0.29, 0.717) is 0 Å². The van der Waals surface area contributed by atoms with Gasteiger partial charge in [-0.1, -0.05) is 0 Å². The van der Waals surface area contributed by atoms with Gasteiger partial charge in [0.25, 0.3) is 5.56 Å². The number of H-pyrrole nitrogens is 1. The lowest BCUT2D eigenvalue weighted by Crippen LogP contribution is -2.24. The van der Waals surface area contributed by atoms with Crippen molar-refractivity contribution in [3.8, 4) is 12.3 Å². The van der Waals surface area contributed by atoms with Gasteiger partial charge in [-0.15, -0.1) is 6.42 Å².